The van der Waals surface area contributed by atoms with Gasteiger partial charge in [-0.3, -0.25) is 4.68 Å². The number of rotatable bonds is 6. The number of likely N-dealkylation sites (N-methyl/N-ethyl adjacent to an activating group) is 1. The molecule has 0 bridgehead atoms. The number of aromatic nitrogens is 2. The predicted octanol–water partition coefficient (Wildman–Crippen LogP) is 0.176. The second-order valence-electron chi connectivity index (χ2n) is 4.51. The van der Waals surface area contributed by atoms with E-state index in [1.807, 2.05) is 19.0 Å². The van der Waals surface area contributed by atoms with Crippen LogP contribution < -0.4 is 0 Å². The van der Waals surface area contributed by atoms with E-state index in [0.29, 0.717) is 12.2 Å². The third-order valence-electron chi connectivity index (χ3n) is 2.37. The van der Waals surface area contributed by atoms with Crippen LogP contribution in [0.2, 0.25) is 5.02 Å². The van der Waals surface area contributed by atoms with Gasteiger partial charge in [-0.1, -0.05) is 11.6 Å². The van der Waals surface area contributed by atoms with Crippen molar-refractivity contribution >= 4 is 21.4 Å². The molecular formula is C10H18ClN3O3S. The molecule has 18 heavy (non-hydrogen) atoms. The first-order valence-corrected chi connectivity index (χ1v) is 7.86. The van der Waals surface area contributed by atoms with Crippen LogP contribution in [0.1, 0.15) is 11.8 Å². The minimum Gasteiger partial charge on any atom is -0.386 e. The smallest absolute Gasteiger partial charge is 0.150 e. The first kappa shape index (κ1) is 15.4. The number of hydrogen-bond acceptors (Lipinski definition) is 5. The number of aliphatic hydroxyl groups is 1. The van der Waals surface area contributed by atoms with Crippen LogP contribution in [0, 0.1) is 0 Å². The van der Waals surface area contributed by atoms with Gasteiger partial charge in [0.1, 0.15) is 15.9 Å². The molecule has 0 spiro atoms. The van der Waals surface area contributed by atoms with Crippen molar-refractivity contribution in [2.45, 2.75) is 12.6 Å². The van der Waals surface area contributed by atoms with Crippen LogP contribution in [-0.2, 0) is 16.4 Å². The Labute approximate surface area is 112 Å². The summed E-state index contributed by atoms with van der Waals surface area (Å²) < 4.78 is 23.9. The van der Waals surface area contributed by atoms with E-state index < -0.39 is 15.9 Å². The van der Waals surface area contributed by atoms with Gasteiger partial charge in [-0.15, -0.1) is 0 Å². The Morgan fingerprint density at radius 2 is 2.17 bits per heavy atom. The summed E-state index contributed by atoms with van der Waals surface area (Å²) in [6.45, 7) is 1.26. The van der Waals surface area contributed by atoms with Gasteiger partial charge in [-0.2, -0.15) is 5.10 Å². The Bertz CT molecular complexity index is 498. The number of halogens is 1. The third kappa shape index (κ3) is 4.56. The van der Waals surface area contributed by atoms with Crippen LogP contribution in [0.25, 0.3) is 0 Å². The van der Waals surface area contributed by atoms with Crippen molar-refractivity contribution in [2.24, 2.45) is 0 Å². The highest BCUT2D eigenvalue weighted by atomic mass is 35.5. The lowest BCUT2D eigenvalue weighted by molar-refractivity contribution is 0.188. The minimum absolute atomic E-state index is 0.282. The van der Waals surface area contributed by atoms with Gasteiger partial charge < -0.3 is 10.0 Å². The molecule has 1 unspecified atom stereocenters. The molecule has 1 heterocycles. The second-order valence-corrected chi connectivity index (χ2v) is 7.10. The molecule has 0 saturated heterocycles. The van der Waals surface area contributed by atoms with Gasteiger partial charge in [-0.25, -0.2) is 8.42 Å². The summed E-state index contributed by atoms with van der Waals surface area (Å²) >= 11 is 5.93. The maximum Gasteiger partial charge on any atom is 0.150 e. The Morgan fingerprint density at radius 1 is 1.56 bits per heavy atom. The minimum atomic E-state index is -3.27. The van der Waals surface area contributed by atoms with Crippen molar-refractivity contribution in [1.82, 2.24) is 14.7 Å². The van der Waals surface area contributed by atoms with Crippen LogP contribution in [0.15, 0.2) is 6.20 Å². The van der Waals surface area contributed by atoms with Crippen LogP contribution in [0.3, 0.4) is 0 Å². The summed E-state index contributed by atoms with van der Waals surface area (Å²) in [6.07, 6.45) is 1.33. The van der Waals surface area contributed by atoms with Crippen molar-refractivity contribution in [1.29, 1.82) is 0 Å². The van der Waals surface area contributed by atoms with Gasteiger partial charge >= 0.3 is 0 Å². The summed E-state index contributed by atoms with van der Waals surface area (Å²) in [5.41, 5.74) is 0.351. The molecule has 0 saturated carbocycles. The van der Waals surface area contributed by atoms with Crippen molar-refractivity contribution in [3.63, 3.8) is 0 Å². The van der Waals surface area contributed by atoms with E-state index in [0.717, 1.165) is 12.8 Å². The first-order valence-electron chi connectivity index (χ1n) is 5.42. The van der Waals surface area contributed by atoms with Gasteiger partial charge in [-0.05, 0) is 14.1 Å². The number of nitrogens with zero attached hydrogens (tertiary/aromatic N) is 3. The molecule has 1 rings (SSSR count). The zero-order valence-electron chi connectivity index (χ0n) is 10.7. The largest absolute Gasteiger partial charge is 0.386 e. The van der Waals surface area contributed by atoms with E-state index in [1.165, 1.54) is 10.9 Å². The van der Waals surface area contributed by atoms with E-state index in [9.17, 15) is 13.5 Å². The average Bonchev–Trinajstić information content (AvgIpc) is 2.53. The summed E-state index contributed by atoms with van der Waals surface area (Å²) in [7, 11) is 0.554. The van der Waals surface area contributed by atoms with Gasteiger partial charge in [0.05, 0.1) is 29.2 Å². The molecule has 1 atom stereocenters. The molecule has 0 amide bonds. The number of sulfone groups is 1. The lowest BCUT2D eigenvalue weighted by atomic mass is 10.3. The van der Waals surface area contributed by atoms with E-state index in [-0.39, 0.29) is 10.8 Å². The van der Waals surface area contributed by atoms with E-state index >= 15 is 0 Å². The Morgan fingerprint density at radius 3 is 2.67 bits per heavy atom. The van der Waals surface area contributed by atoms with Crippen molar-refractivity contribution in [3.8, 4) is 0 Å². The van der Waals surface area contributed by atoms with E-state index in [4.69, 9.17) is 11.6 Å². The highest BCUT2D eigenvalue weighted by Crippen LogP contribution is 2.23. The monoisotopic (exact) mass is 295 g/mol. The molecule has 0 fully saturated rings. The Balaban J connectivity index is 2.89. The fourth-order valence-corrected chi connectivity index (χ4v) is 2.54. The fraction of sp³-hybridized carbons (Fsp3) is 0.700. The molecule has 0 aliphatic heterocycles. The summed E-state index contributed by atoms with van der Waals surface area (Å²) in [6, 6.07) is 0. The van der Waals surface area contributed by atoms with Crippen LogP contribution in [-0.4, -0.2) is 60.9 Å². The molecule has 0 aliphatic rings. The highest BCUT2D eigenvalue weighted by Gasteiger charge is 2.22. The molecular weight excluding hydrogens is 278 g/mol. The number of aliphatic hydroxyl groups excluding tert-OH is 1. The molecule has 0 aromatic carbocycles. The second kappa shape index (κ2) is 6.01. The number of hydrogen-bond donors (Lipinski definition) is 1. The van der Waals surface area contributed by atoms with Crippen LogP contribution in [0.4, 0.5) is 0 Å². The fourth-order valence-electron chi connectivity index (χ4n) is 1.54. The molecule has 6 nitrogen and oxygen atoms in total. The predicted molar refractivity (Wildman–Crippen MR) is 70.5 cm³/mol. The molecule has 1 N–H and O–H groups in total. The van der Waals surface area contributed by atoms with Gasteiger partial charge in [0, 0.05) is 12.8 Å². The zero-order valence-corrected chi connectivity index (χ0v) is 12.2. The first-order chi connectivity index (χ1) is 8.20. The van der Waals surface area contributed by atoms with Gasteiger partial charge in [0.25, 0.3) is 0 Å². The molecule has 0 aliphatic carbocycles. The highest BCUT2D eigenvalue weighted by molar-refractivity contribution is 7.90. The molecule has 1 aromatic rings. The van der Waals surface area contributed by atoms with Crippen molar-refractivity contribution in [2.75, 3.05) is 32.6 Å². The lowest BCUT2D eigenvalue weighted by Gasteiger charge is -2.15. The Hall–Kier alpha value is -0.630. The molecule has 104 valence electrons. The SMILES string of the molecule is CN(C)CCn1ncc(Cl)c1C(O)CS(C)(=O)=O. The van der Waals surface area contributed by atoms with Crippen molar-refractivity contribution in [3.05, 3.63) is 16.9 Å². The van der Waals surface area contributed by atoms with Gasteiger partial charge in [0.2, 0.25) is 0 Å². The van der Waals surface area contributed by atoms with Gasteiger partial charge in [0.15, 0.2) is 0 Å². The Kier molecular flexibility index (Phi) is 5.15. The normalized spacial score (nSPS) is 14.1. The quantitative estimate of drug-likeness (QED) is 0.810. The van der Waals surface area contributed by atoms with Crippen LogP contribution >= 0.6 is 11.6 Å². The van der Waals surface area contributed by atoms with E-state index in [2.05, 4.69) is 5.10 Å². The summed E-state index contributed by atoms with van der Waals surface area (Å²) in [4.78, 5) is 1.96. The molecule has 0 radical (unpaired) electrons. The maximum atomic E-state index is 11.2. The van der Waals surface area contributed by atoms with Crippen LogP contribution in [0.5, 0.6) is 0 Å². The standard InChI is InChI=1S/C10H18ClN3O3S/c1-13(2)4-5-14-10(8(11)6-12-14)9(15)7-18(3,16)17/h6,9,15H,4-5,7H2,1-3H3. The summed E-state index contributed by atoms with van der Waals surface area (Å²) in [5.74, 6) is -0.361. The molecule has 1 aromatic heterocycles. The lowest BCUT2D eigenvalue weighted by Crippen LogP contribution is -2.23. The zero-order chi connectivity index (χ0) is 13.9. The summed E-state index contributed by atoms with van der Waals surface area (Å²) in [5, 5.41) is 14.3. The van der Waals surface area contributed by atoms with Crippen molar-refractivity contribution < 1.29 is 13.5 Å². The van der Waals surface area contributed by atoms with E-state index in [1.54, 1.807) is 0 Å². The maximum absolute atomic E-state index is 11.2. The average molecular weight is 296 g/mol. The third-order valence-corrected chi connectivity index (χ3v) is 3.58. The topological polar surface area (TPSA) is 75.4 Å². The molecule has 8 heteroatoms.